The lowest BCUT2D eigenvalue weighted by Gasteiger charge is -2.03. The Morgan fingerprint density at radius 1 is 1.14 bits per heavy atom. The summed E-state index contributed by atoms with van der Waals surface area (Å²) in [6.07, 6.45) is 0. The molecule has 0 aliphatic carbocycles. The van der Waals surface area contributed by atoms with Crippen LogP contribution in [0.3, 0.4) is 0 Å². The van der Waals surface area contributed by atoms with Crippen LogP contribution < -0.4 is 0 Å². The smallest absolute Gasteiger partial charge is 0.389 e. The fourth-order valence-corrected chi connectivity index (χ4v) is 1.25. The van der Waals surface area contributed by atoms with E-state index in [1.54, 1.807) is 0 Å². The summed E-state index contributed by atoms with van der Waals surface area (Å²) < 4.78 is 22.2. The zero-order valence-corrected chi connectivity index (χ0v) is 8.76. The standard InChI is InChI=1S/C3H6O2.H4O7P2/c1-3(5)2-4;1-8(2,3)7-9(4,5)6/h4H,2H2,1H3;(H2,1,2,3)(H2,4,5,6). The summed E-state index contributed by atoms with van der Waals surface area (Å²) in [6.45, 7) is 1.000. The third kappa shape index (κ3) is 22.7. The van der Waals surface area contributed by atoms with Gasteiger partial charge in [0.05, 0.1) is 0 Å². The van der Waals surface area contributed by atoms with Gasteiger partial charge in [0, 0.05) is 0 Å². The highest BCUT2D eigenvalue weighted by molar-refractivity contribution is 7.60. The molecule has 0 bridgehead atoms. The summed E-state index contributed by atoms with van der Waals surface area (Å²) in [5.41, 5.74) is 0. The number of phosphoric acid groups is 2. The third-order valence-electron chi connectivity index (χ3n) is 0.435. The summed E-state index contributed by atoms with van der Waals surface area (Å²) in [7, 11) is -10.1. The maximum absolute atomic E-state index is 9.63. The van der Waals surface area contributed by atoms with Crippen LogP contribution in [0.2, 0.25) is 0 Å². The summed E-state index contributed by atoms with van der Waals surface area (Å²) in [5.74, 6) is -0.190. The van der Waals surface area contributed by atoms with Crippen LogP contribution in [0.25, 0.3) is 0 Å². The highest BCUT2D eigenvalue weighted by Gasteiger charge is 2.27. The van der Waals surface area contributed by atoms with Crippen molar-refractivity contribution < 1.29 is 42.9 Å². The van der Waals surface area contributed by atoms with Gasteiger partial charge in [0.15, 0.2) is 5.78 Å². The van der Waals surface area contributed by atoms with Gasteiger partial charge in [-0.15, -0.1) is 0 Å². The number of carbonyl (C=O) groups excluding carboxylic acids is 1. The van der Waals surface area contributed by atoms with Crippen LogP contribution in [0.4, 0.5) is 0 Å². The number of carbonyl (C=O) groups is 1. The van der Waals surface area contributed by atoms with E-state index in [9.17, 15) is 13.9 Å². The van der Waals surface area contributed by atoms with Crippen molar-refractivity contribution in [2.24, 2.45) is 0 Å². The van der Waals surface area contributed by atoms with Gasteiger partial charge < -0.3 is 24.7 Å². The Bertz CT molecular complexity index is 239. The molecule has 0 aliphatic heterocycles. The van der Waals surface area contributed by atoms with Crippen molar-refractivity contribution in [3.8, 4) is 0 Å². The van der Waals surface area contributed by atoms with E-state index in [4.69, 9.17) is 24.7 Å². The van der Waals surface area contributed by atoms with Crippen LogP contribution in [0.1, 0.15) is 6.92 Å². The van der Waals surface area contributed by atoms with Crippen molar-refractivity contribution in [3.63, 3.8) is 0 Å². The lowest BCUT2D eigenvalue weighted by molar-refractivity contribution is -0.119. The van der Waals surface area contributed by atoms with Crippen molar-refractivity contribution in [1.29, 1.82) is 0 Å². The van der Waals surface area contributed by atoms with Crippen molar-refractivity contribution >= 4 is 21.4 Å². The average Bonchev–Trinajstić information content (AvgIpc) is 1.80. The van der Waals surface area contributed by atoms with E-state index in [2.05, 4.69) is 4.31 Å². The average molecular weight is 252 g/mol. The van der Waals surface area contributed by atoms with Gasteiger partial charge in [-0.2, -0.15) is 4.31 Å². The lowest BCUT2D eigenvalue weighted by atomic mass is 10.5. The molecule has 86 valence electrons. The molecule has 0 aromatic rings. The van der Waals surface area contributed by atoms with Crippen molar-refractivity contribution in [2.45, 2.75) is 6.92 Å². The number of Topliss-reactive ketones (excluding diaryl/α,β-unsaturated/α-hetero) is 1. The van der Waals surface area contributed by atoms with Crippen LogP contribution in [0.5, 0.6) is 0 Å². The molecule has 0 fully saturated rings. The van der Waals surface area contributed by atoms with Gasteiger partial charge in [-0.05, 0) is 6.92 Å². The molecule has 0 aromatic carbocycles. The molecule has 0 rings (SSSR count). The molecule has 9 nitrogen and oxygen atoms in total. The maximum Gasteiger partial charge on any atom is 0.478 e. The first kappa shape index (κ1) is 16.3. The maximum atomic E-state index is 9.63. The van der Waals surface area contributed by atoms with Gasteiger partial charge >= 0.3 is 15.6 Å². The molecule has 0 atom stereocenters. The Morgan fingerprint density at radius 3 is 1.36 bits per heavy atom. The molecule has 0 saturated heterocycles. The molecule has 0 aromatic heterocycles. The Morgan fingerprint density at radius 2 is 1.36 bits per heavy atom. The molecule has 0 heterocycles. The van der Waals surface area contributed by atoms with Crippen molar-refractivity contribution in [1.82, 2.24) is 0 Å². The SMILES string of the molecule is CC(=O)CO.O=P(O)(O)OP(=O)(O)O. The second-order valence-corrected chi connectivity index (χ2v) is 4.54. The monoisotopic (exact) mass is 252 g/mol. The molecule has 0 amide bonds. The van der Waals surface area contributed by atoms with Crippen LogP contribution in [-0.2, 0) is 18.2 Å². The van der Waals surface area contributed by atoms with Crippen LogP contribution in [0.15, 0.2) is 0 Å². The Balaban J connectivity index is 0. The molecule has 0 radical (unpaired) electrons. The molecule has 14 heavy (non-hydrogen) atoms. The van der Waals surface area contributed by atoms with Crippen LogP contribution in [-0.4, -0.2) is 37.1 Å². The fraction of sp³-hybridized carbons (Fsp3) is 0.667. The zero-order chi connectivity index (χ0) is 12.0. The Labute approximate surface area is 78.8 Å². The van der Waals surface area contributed by atoms with Gasteiger partial charge in [0.25, 0.3) is 0 Å². The van der Waals surface area contributed by atoms with E-state index in [1.165, 1.54) is 6.92 Å². The number of rotatable bonds is 3. The minimum absolute atomic E-state index is 0.190. The molecule has 5 N–H and O–H groups in total. The first-order valence-electron chi connectivity index (χ1n) is 2.90. The second-order valence-electron chi connectivity index (χ2n) is 1.92. The van der Waals surface area contributed by atoms with Gasteiger partial charge in [0.1, 0.15) is 6.61 Å². The van der Waals surface area contributed by atoms with Gasteiger partial charge in [-0.25, -0.2) is 9.13 Å². The Kier molecular flexibility index (Phi) is 7.45. The van der Waals surface area contributed by atoms with E-state index in [0.717, 1.165) is 0 Å². The highest BCUT2D eigenvalue weighted by atomic mass is 31.3. The summed E-state index contributed by atoms with van der Waals surface area (Å²) in [4.78, 5) is 40.6. The first-order chi connectivity index (χ1) is 5.98. The van der Waals surface area contributed by atoms with Crippen molar-refractivity contribution in [2.75, 3.05) is 6.61 Å². The molecule has 0 saturated carbocycles. The molecule has 0 unspecified atom stereocenters. The minimum Gasteiger partial charge on any atom is -0.389 e. The fourth-order valence-electron chi connectivity index (χ4n) is 0.139. The van der Waals surface area contributed by atoms with Crippen LogP contribution in [0, 0.1) is 0 Å². The molecular weight excluding hydrogens is 242 g/mol. The molecular formula is C3H10O9P2. The van der Waals surface area contributed by atoms with Gasteiger partial charge in [0.2, 0.25) is 0 Å². The predicted molar refractivity (Wildman–Crippen MR) is 42.9 cm³/mol. The van der Waals surface area contributed by atoms with Crippen molar-refractivity contribution in [3.05, 3.63) is 0 Å². The second kappa shape index (κ2) is 6.39. The number of aliphatic hydroxyl groups is 1. The van der Waals surface area contributed by atoms with E-state index < -0.39 is 15.6 Å². The molecule has 11 heteroatoms. The largest absolute Gasteiger partial charge is 0.478 e. The van der Waals surface area contributed by atoms with Gasteiger partial charge in [-0.1, -0.05) is 0 Å². The first-order valence-corrected chi connectivity index (χ1v) is 5.96. The third-order valence-corrected chi connectivity index (χ3v) is 2.14. The minimum atomic E-state index is -5.05. The summed E-state index contributed by atoms with van der Waals surface area (Å²) in [6, 6.07) is 0. The van der Waals surface area contributed by atoms with Gasteiger partial charge in [-0.3, -0.25) is 4.79 Å². The van der Waals surface area contributed by atoms with Crippen LogP contribution >= 0.6 is 15.6 Å². The number of aliphatic hydroxyl groups excluding tert-OH is 1. The number of hydrogen-bond acceptors (Lipinski definition) is 5. The van der Waals surface area contributed by atoms with E-state index >= 15 is 0 Å². The number of ketones is 1. The normalized spacial score (nSPS) is 11.6. The zero-order valence-electron chi connectivity index (χ0n) is 6.97. The van der Waals surface area contributed by atoms with E-state index in [0.29, 0.717) is 0 Å². The quantitative estimate of drug-likeness (QED) is 0.386. The lowest BCUT2D eigenvalue weighted by Crippen LogP contribution is -1.93. The number of hydrogen-bond donors (Lipinski definition) is 5. The molecule has 0 aliphatic rings. The van der Waals surface area contributed by atoms with E-state index in [-0.39, 0.29) is 12.4 Å². The highest BCUT2D eigenvalue weighted by Crippen LogP contribution is 2.53. The van der Waals surface area contributed by atoms with E-state index in [1.807, 2.05) is 0 Å². The Hall–Kier alpha value is -0.110. The topological polar surface area (TPSA) is 162 Å². The predicted octanol–water partition coefficient (Wildman–Crippen LogP) is -1.24. The summed E-state index contributed by atoms with van der Waals surface area (Å²) >= 11 is 0. The molecule has 0 spiro atoms. The summed E-state index contributed by atoms with van der Waals surface area (Å²) in [5, 5.41) is 7.79.